The average molecular weight is 280 g/mol. The fraction of sp³-hybridized carbons (Fsp3) is 0.625. The van der Waals surface area contributed by atoms with Gasteiger partial charge in [0.2, 0.25) is 0 Å². The molecule has 1 aromatic rings. The average Bonchev–Trinajstić information content (AvgIpc) is 3.19. The van der Waals surface area contributed by atoms with Gasteiger partial charge in [-0.3, -0.25) is 0 Å². The third kappa shape index (κ3) is 3.29. The van der Waals surface area contributed by atoms with Crippen LogP contribution in [0.15, 0.2) is 18.2 Å². The Kier molecular flexibility index (Phi) is 3.92. The van der Waals surface area contributed by atoms with E-state index in [1.54, 1.807) is 6.07 Å². The van der Waals surface area contributed by atoms with Gasteiger partial charge < -0.3 is 10.2 Å². The number of nitrogens with one attached hydrogen (secondary N) is 1. The van der Waals surface area contributed by atoms with Gasteiger partial charge in [0.1, 0.15) is 11.6 Å². The summed E-state index contributed by atoms with van der Waals surface area (Å²) in [7, 11) is 0. The molecule has 0 radical (unpaired) electrons. The minimum absolute atomic E-state index is 0.406. The van der Waals surface area contributed by atoms with E-state index in [-0.39, 0.29) is 0 Å². The Hall–Kier alpha value is -1.16. The van der Waals surface area contributed by atoms with Crippen LogP contribution in [0.3, 0.4) is 0 Å². The molecule has 0 bridgehead atoms. The molecule has 1 heterocycles. The lowest BCUT2D eigenvalue weighted by molar-refractivity contribution is 0.346. The number of hydrogen-bond acceptors (Lipinski definition) is 2. The quantitative estimate of drug-likeness (QED) is 0.911. The summed E-state index contributed by atoms with van der Waals surface area (Å²) < 4.78 is 26.9. The van der Waals surface area contributed by atoms with Gasteiger partial charge in [0.15, 0.2) is 0 Å². The van der Waals surface area contributed by atoms with Crippen molar-refractivity contribution in [1.82, 2.24) is 5.32 Å². The Bertz CT molecular complexity index is 474. The predicted octanol–water partition coefficient (Wildman–Crippen LogP) is 3.18. The molecule has 4 heteroatoms. The van der Waals surface area contributed by atoms with E-state index in [2.05, 4.69) is 12.2 Å². The summed E-state index contributed by atoms with van der Waals surface area (Å²) in [5.74, 6) is 0.396. The molecule has 1 aliphatic carbocycles. The molecule has 2 aliphatic rings. The summed E-state index contributed by atoms with van der Waals surface area (Å²) in [5.41, 5.74) is 0.524. The normalized spacial score (nSPS) is 26.9. The number of piperidine rings is 1. The van der Waals surface area contributed by atoms with Crippen molar-refractivity contribution in [1.29, 1.82) is 0 Å². The van der Waals surface area contributed by atoms with Crippen LogP contribution < -0.4 is 10.2 Å². The third-order valence-electron chi connectivity index (χ3n) is 4.30. The van der Waals surface area contributed by atoms with E-state index in [0.29, 0.717) is 17.6 Å². The van der Waals surface area contributed by atoms with Crippen LogP contribution in [0.4, 0.5) is 14.5 Å². The first-order valence-corrected chi connectivity index (χ1v) is 7.55. The van der Waals surface area contributed by atoms with Crippen molar-refractivity contribution in [3.8, 4) is 0 Å². The fourth-order valence-corrected chi connectivity index (χ4v) is 3.09. The van der Waals surface area contributed by atoms with Gasteiger partial charge in [-0.15, -0.1) is 0 Å². The van der Waals surface area contributed by atoms with Gasteiger partial charge in [0, 0.05) is 25.2 Å². The monoisotopic (exact) mass is 280 g/mol. The number of benzene rings is 1. The van der Waals surface area contributed by atoms with Gasteiger partial charge in [0.05, 0.1) is 5.69 Å². The molecule has 1 aliphatic heterocycles. The van der Waals surface area contributed by atoms with E-state index in [9.17, 15) is 8.78 Å². The summed E-state index contributed by atoms with van der Waals surface area (Å²) >= 11 is 0. The largest absolute Gasteiger partial charge is 0.367 e. The van der Waals surface area contributed by atoms with Gasteiger partial charge >= 0.3 is 0 Å². The second-order valence-corrected chi connectivity index (χ2v) is 6.39. The van der Waals surface area contributed by atoms with Crippen molar-refractivity contribution in [3.63, 3.8) is 0 Å². The Morgan fingerprint density at radius 3 is 2.75 bits per heavy atom. The highest BCUT2D eigenvalue weighted by Gasteiger charge is 2.28. The zero-order valence-corrected chi connectivity index (χ0v) is 11.9. The van der Waals surface area contributed by atoms with Crippen molar-refractivity contribution >= 4 is 5.69 Å². The fourth-order valence-electron chi connectivity index (χ4n) is 3.09. The second-order valence-electron chi connectivity index (χ2n) is 6.39. The molecular formula is C16H22F2N2. The van der Waals surface area contributed by atoms with E-state index in [1.807, 2.05) is 4.90 Å². The van der Waals surface area contributed by atoms with Crippen LogP contribution in [0, 0.1) is 23.5 Å². The van der Waals surface area contributed by atoms with Gasteiger partial charge in [-0.25, -0.2) is 8.78 Å². The highest BCUT2D eigenvalue weighted by molar-refractivity contribution is 5.48. The van der Waals surface area contributed by atoms with E-state index < -0.39 is 11.6 Å². The molecule has 1 saturated carbocycles. The Balaban J connectivity index is 1.67. The van der Waals surface area contributed by atoms with Crippen LogP contribution in [0.2, 0.25) is 0 Å². The van der Waals surface area contributed by atoms with E-state index in [4.69, 9.17) is 0 Å². The van der Waals surface area contributed by atoms with Gasteiger partial charge in [0.25, 0.3) is 0 Å². The highest BCUT2D eigenvalue weighted by atomic mass is 19.1. The van der Waals surface area contributed by atoms with E-state index in [1.165, 1.54) is 18.9 Å². The summed E-state index contributed by atoms with van der Waals surface area (Å²) in [5, 5.41) is 3.61. The molecule has 2 unspecified atom stereocenters. The SMILES string of the molecule is CC1CC(NCC2CC2)CN(c2ccc(F)cc2F)C1. The van der Waals surface area contributed by atoms with Gasteiger partial charge in [-0.1, -0.05) is 6.92 Å². The van der Waals surface area contributed by atoms with Crippen molar-refractivity contribution < 1.29 is 8.78 Å². The maximum absolute atomic E-state index is 13.9. The maximum atomic E-state index is 13.9. The van der Waals surface area contributed by atoms with E-state index in [0.717, 1.165) is 38.0 Å². The molecule has 1 N–H and O–H groups in total. The lowest BCUT2D eigenvalue weighted by Gasteiger charge is -2.38. The van der Waals surface area contributed by atoms with Crippen LogP contribution in [0.5, 0.6) is 0 Å². The minimum atomic E-state index is -0.514. The Labute approximate surface area is 119 Å². The summed E-state index contributed by atoms with van der Waals surface area (Å²) in [4.78, 5) is 2.05. The van der Waals surface area contributed by atoms with Crippen LogP contribution in [0.1, 0.15) is 26.2 Å². The number of nitrogens with zero attached hydrogens (tertiary/aromatic N) is 1. The first-order valence-electron chi connectivity index (χ1n) is 7.55. The summed E-state index contributed by atoms with van der Waals surface area (Å²) in [6.45, 7) is 4.92. The van der Waals surface area contributed by atoms with Crippen LogP contribution in [-0.4, -0.2) is 25.7 Å². The Morgan fingerprint density at radius 1 is 1.25 bits per heavy atom. The Morgan fingerprint density at radius 2 is 2.05 bits per heavy atom. The smallest absolute Gasteiger partial charge is 0.149 e. The molecule has 0 aromatic heterocycles. The van der Waals surface area contributed by atoms with Crippen LogP contribution in [-0.2, 0) is 0 Å². The van der Waals surface area contributed by atoms with Crippen molar-refractivity contribution in [2.45, 2.75) is 32.2 Å². The number of anilines is 1. The molecule has 0 spiro atoms. The third-order valence-corrected chi connectivity index (χ3v) is 4.30. The number of hydrogen-bond donors (Lipinski definition) is 1. The molecule has 1 aromatic carbocycles. The summed E-state index contributed by atoms with van der Waals surface area (Å²) in [6.07, 6.45) is 3.81. The van der Waals surface area contributed by atoms with Gasteiger partial charge in [-0.2, -0.15) is 0 Å². The molecular weight excluding hydrogens is 258 g/mol. The molecule has 2 fully saturated rings. The van der Waals surface area contributed by atoms with Gasteiger partial charge in [-0.05, 0) is 49.8 Å². The van der Waals surface area contributed by atoms with Crippen LogP contribution >= 0.6 is 0 Å². The van der Waals surface area contributed by atoms with Crippen molar-refractivity contribution in [2.75, 3.05) is 24.5 Å². The van der Waals surface area contributed by atoms with Crippen molar-refractivity contribution in [3.05, 3.63) is 29.8 Å². The number of rotatable bonds is 4. The van der Waals surface area contributed by atoms with Crippen LogP contribution in [0.25, 0.3) is 0 Å². The maximum Gasteiger partial charge on any atom is 0.149 e. The molecule has 0 amide bonds. The first kappa shape index (κ1) is 13.8. The molecule has 2 atom stereocenters. The highest BCUT2D eigenvalue weighted by Crippen LogP contribution is 2.29. The number of halogens is 2. The minimum Gasteiger partial charge on any atom is -0.367 e. The molecule has 2 nitrogen and oxygen atoms in total. The lowest BCUT2D eigenvalue weighted by Crippen LogP contribution is -2.49. The molecule has 1 saturated heterocycles. The summed E-state index contributed by atoms with van der Waals surface area (Å²) in [6, 6.07) is 4.27. The molecule has 110 valence electrons. The van der Waals surface area contributed by atoms with E-state index >= 15 is 0 Å². The second kappa shape index (κ2) is 5.68. The van der Waals surface area contributed by atoms with Crippen molar-refractivity contribution in [2.24, 2.45) is 11.8 Å². The molecule has 3 rings (SSSR count). The standard InChI is InChI=1S/C16H22F2N2/c1-11-6-14(19-8-12-2-3-12)10-20(9-11)16-5-4-13(17)7-15(16)18/h4-5,7,11-12,14,19H,2-3,6,8-10H2,1H3. The zero-order chi connectivity index (χ0) is 14.1. The lowest BCUT2D eigenvalue weighted by atomic mass is 9.95. The zero-order valence-electron chi connectivity index (χ0n) is 11.9. The molecule has 20 heavy (non-hydrogen) atoms. The first-order chi connectivity index (χ1) is 9.61. The topological polar surface area (TPSA) is 15.3 Å². The predicted molar refractivity (Wildman–Crippen MR) is 76.9 cm³/mol.